The highest BCUT2D eigenvalue weighted by Gasteiger charge is 2.14. The minimum Gasteiger partial charge on any atom is -0.379 e. The molecule has 6 heteroatoms. The Bertz CT molecular complexity index is 1160. The summed E-state index contributed by atoms with van der Waals surface area (Å²) in [5.74, 6) is 1.52. The molecule has 31 heavy (non-hydrogen) atoms. The van der Waals surface area contributed by atoms with Crippen LogP contribution in [-0.4, -0.2) is 46.2 Å². The van der Waals surface area contributed by atoms with Crippen LogP contribution >= 0.6 is 0 Å². The molecule has 2 aromatic heterocycles. The summed E-state index contributed by atoms with van der Waals surface area (Å²) in [6, 6.07) is 20.6. The van der Waals surface area contributed by atoms with Crippen LogP contribution in [0.15, 0.2) is 73.1 Å². The summed E-state index contributed by atoms with van der Waals surface area (Å²) in [5, 5.41) is 4.59. The fourth-order valence-corrected chi connectivity index (χ4v) is 3.90. The van der Waals surface area contributed by atoms with E-state index >= 15 is 0 Å². The lowest BCUT2D eigenvalue weighted by Crippen LogP contribution is -2.35. The zero-order valence-corrected chi connectivity index (χ0v) is 17.4. The van der Waals surface area contributed by atoms with Crippen molar-refractivity contribution in [3.05, 3.63) is 84.2 Å². The highest BCUT2D eigenvalue weighted by Crippen LogP contribution is 2.25. The second-order valence-corrected chi connectivity index (χ2v) is 7.67. The van der Waals surface area contributed by atoms with Crippen LogP contribution in [-0.2, 0) is 17.8 Å². The van der Waals surface area contributed by atoms with Crippen molar-refractivity contribution in [1.29, 1.82) is 0 Å². The van der Waals surface area contributed by atoms with E-state index in [1.165, 1.54) is 11.1 Å². The number of ether oxygens (including phenoxy) is 1. The first-order chi connectivity index (χ1) is 15.4. The highest BCUT2D eigenvalue weighted by atomic mass is 16.5. The molecule has 156 valence electrons. The number of aromatic nitrogens is 3. The van der Waals surface area contributed by atoms with E-state index in [0.29, 0.717) is 12.4 Å². The lowest BCUT2D eigenvalue weighted by Gasteiger charge is -2.27. The monoisotopic (exact) mass is 411 g/mol. The molecule has 0 bridgehead atoms. The fourth-order valence-electron chi connectivity index (χ4n) is 3.90. The number of anilines is 1. The molecule has 0 atom stereocenters. The van der Waals surface area contributed by atoms with Crippen LogP contribution in [0, 0.1) is 0 Å². The van der Waals surface area contributed by atoms with Gasteiger partial charge in [0.15, 0.2) is 5.82 Å². The summed E-state index contributed by atoms with van der Waals surface area (Å²) in [4.78, 5) is 16.3. The molecule has 0 unspecified atom stereocenters. The van der Waals surface area contributed by atoms with Gasteiger partial charge in [-0.1, -0.05) is 36.4 Å². The SMILES string of the molecule is c1cncc(-c2nc(NCc3ccccc3CN3CCOCC3)c3ccccc3n2)c1. The molecular formula is C25H25N5O. The number of para-hydroxylation sites is 1. The zero-order valence-electron chi connectivity index (χ0n) is 17.4. The molecule has 1 aliphatic heterocycles. The first-order valence-electron chi connectivity index (χ1n) is 10.6. The van der Waals surface area contributed by atoms with Crippen LogP contribution in [0.5, 0.6) is 0 Å². The predicted molar refractivity (Wildman–Crippen MR) is 123 cm³/mol. The lowest BCUT2D eigenvalue weighted by molar-refractivity contribution is 0.0341. The Morgan fingerprint density at radius 1 is 0.871 bits per heavy atom. The maximum absolute atomic E-state index is 5.49. The maximum atomic E-state index is 5.49. The summed E-state index contributed by atoms with van der Waals surface area (Å²) >= 11 is 0. The van der Waals surface area contributed by atoms with E-state index in [4.69, 9.17) is 14.7 Å². The summed E-state index contributed by atoms with van der Waals surface area (Å²) < 4.78 is 5.49. The molecule has 1 saturated heterocycles. The molecule has 1 fully saturated rings. The average Bonchev–Trinajstić information content (AvgIpc) is 2.84. The van der Waals surface area contributed by atoms with Gasteiger partial charge < -0.3 is 10.1 Å². The number of nitrogens with zero attached hydrogens (tertiary/aromatic N) is 4. The molecule has 4 aromatic rings. The Labute approximate surface area is 181 Å². The molecule has 2 aromatic carbocycles. The van der Waals surface area contributed by atoms with Gasteiger partial charge >= 0.3 is 0 Å². The molecule has 0 amide bonds. The molecule has 0 aliphatic carbocycles. The summed E-state index contributed by atoms with van der Waals surface area (Å²) in [6.45, 7) is 5.22. The Kier molecular flexibility index (Phi) is 5.82. The topological polar surface area (TPSA) is 63.2 Å². The largest absolute Gasteiger partial charge is 0.379 e. The van der Waals surface area contributed by atoms with Crippen molar-refractivity contribution >= 4 is 16.7 Å². The van der Waals surface area contributed by atoms with Crippen LogP contribution in [0.2, 0.25) is 0 Å². The van der Waals surface area contributed by atoms with E-state index in [1.54, 1.807) is 12.4 Å². The van der Waals surface area contributed by atoms with E-state index < -0.39 is 0 Å². The number of fused-ring (bicyclic) bond motifs is 1. The number of pyridine rings is 1. The first-order valence-corrected chi connectivity index (χ1v) is 10.6. The second-order valence-electron chi connectivity index (χ2n) is 7.67. The lowest BCUT2D eigenvalue weighted by atomic mass is 10.1. The molecule has 1 N–H and O–H groups in total. The van der Waals surface area contributed by atoms with Crippen LogP contribution in [0.3, 0.4) is 0 Å². The predicted octanol–water partition coefficient (Wildman–Crippen LogP) is 4.14. The van der Waals surface area contributed by atoms with Gasteiger partial charge in [-0.15, -0.1) is 0 Å². The van der Waals surface area contributed by atoms with Gasteiger partial charge in [0.05, 0.1) is 18.7 Å². The van der Waals surface area contributed by atoms with Crippen molar-refractivity contribution in [2.24, 2.45) is 0 Å². The van der Waals surface area contributed by atoms with E-state index in [-0.39, 0.29) is 0 Å². The van der Waals surface area contributed by atoms with E-state index in [1.807, 2.05) is 30.3 Å². The van der Waals surface area contributed by atoms with Gasteiger partial charge in [0.25, 0.3) is 0 Å². The normalized spacial score (nSPS) is 14.6. The van der Waals surface area contributed by atoms with Gasteiger partial charge in [0, 0.05) is 49.5 Å². The van der Waals surface area contributed by atoms with Crippen LogP contribution in [0.25, 0.3) is 22.3 Å². The maximum Gasteiger partial charge on any atom is 0.163 e. The van der Waals surface area contributed by atoms with Crippen LogP contribution < -0.4 is 5.32 Å². The van der Waals surface area contributed by atoms with Gasteiger partial charge in [-0.3, -0.25) is 9.88 Å². The first kappa shape index (κ1) is 19.6. The van der Waals surface area contributed by atoms with E-state index in [2.05, 4.69) is 45.5 Å². The molecule has 3 heterocycles. The van der Waals surface area contributed by atoms with E-state index in [9.17, 15) is 0 Å². The van der Waals surface area contributed by atoms with Crippen molar-refractivity contribution < 1.29 is 4.74 Å². The third kappa shape index (κ3) is 4.55. The molecule has 5 rings (SSSR count). The molecule has 6 nitrogen and oxygen atoms in total. The van der Waals surface area contributed by atoms with Crippen LogP contribution in [0.1, 0.15) is 11.1 Å². The molecule has 0 spiro atoms. The Morgan fingerprint density at radius 2 is 1.68 bits per heavy atom. The summed E-state index contributed by atoms with van der Waals surface area (Å²) in [5.41, 5.74) is 4.44. The van der Waals surface area contributed by atoms with Crippen molar-refractivity contribution in [3.8, 4) is 11.4 Å². The van der Waals surface area contributed by atoms with E-state index in [0.717, 1.165) is 55.1 Å². The molecular weight excluding hydrogens is 386 g/mol. The highest BCUT2D eigenvalue weighted by molar-refractivity contribution is 5.90. The molecule has 0 saturated carbocycles. The van der Waals surface area contributed by atoms with Gasteiger partial charge in [-0.05, 0) is 35.4 Å². The Balaban J connectivity index is 1.42. The van der Waals surface area contributed by atoms with Gasteiger partial charge in [0.2, 0.25) is 0 Å². The van der Waals surface area contributed by atoms with Crippen molar-refractivity contribution in [1.82, 2.24) is 19.9 Å². The number of hydrogen-bond donors (Lipinski definition) is 1. The Morgan fingerprint density at radius 3 is 2.52 bits per heavy atom. The standard InChI is InChI=1S/C25H25N5O/c1-2-7-21(18-30-12-14-31-15-13-30)19(6-1)17-27-25-22-9-3-4-10-23(22)28-24(29-25)20-8-5-11-26-16-20/h1-11,16H,12-15,17-18H2,(H,27,28,29). The Hall–Kier alpha value is -3.35. The number of benzene rings is 2. The average molecular weight is 412 g/mol. The minimum atomic E-state index is 0.677. The minimum absolute atomic E-state index is 0.677. The second kappa shape index (κ2) is 9.20. The summed E-state index contributed by atoms with van der Waals surface area (Å²) in [6.07, 6.45) is 3.56. The van der Waals surface area contributed by atoms with Crippen molar-refractivity contribution in [2.45, 2.75) is 13.1 Å². The number of nitrogens with one attached hydrogen (secondary N) is 1. The van der Waals surface area contributed by atoms with Gasteiger partial charge in [-0.25, -0.2) is 9.97 Å². The van der Waals surface area contributed by atoms with Gasteiger partial charge in [-0.2, -0.15) is 0 Å². The molecule has 0 radical (unpaired) electrons. The molecule has 1 aliphatic rings. The number of rotatable bonds is 6. The fraction of sp³-hybridized carbons (Fsp3) is 0.240. The third-order valence-electron chi connectivity index (χ3n) is 5.59. The third-order valence-corrected chi connectivity index (χ3v) is 5.59. The summed E-state index contributed by atoms with van der Waals surface area (Å²) in [7, 11) is 0. The smallest absolute Gasteiger partial charge is 0.163 e. The van der Waals surface area contributed by atoms with Crippen molar-refractivity contribution in [2.75, 3.05) is 31.6 Å². The number of hydrogen-bond acceptors (Lipinski definition) is 6. The van der Waals surface area contributed by atoms with Gasteiger partial charge in [0.1, 0.15) is 5.82 Å². The quantitative estimate of drug-likeness (QED) is 0.515. The number of morpholine rings is 1. The van der Waals surface area contributed by atoms with Crippen LogP contribution in [0.4, 0.5) is 5.82 Å². The van der Waals surface area contributed by atoms with Crippen molar-refractivity contribution in [3.63, 3.8) is 0 Å². The zero-order chi connectivity index (χ0) is 20.9.